The van der Waals surface area contributed by atoms with Crippen LogP contribution in [0.2, 0.25) is 5.02 Å². The van der Waals surface area contributed by atoms with Crippen molar-refractivity contribution < 1.29 is 13.2 Å². The van der Waals surface area contributed by atoms with Gasteiger partial charge in [-0.25, -0.2) is 8.78 Å². The first-order valence-corrected chi connectivity index (χ1v) is 4.09. The molecule has 0 aromatic heterocycles. The summed E-state index contributed by atoms with van der Waals surface area (Å²) in [6, 6.07) is 3.82. The summed E-state index contributed by atoms with van der Waals surface area (Å²) in [6.07, 6.45) is -2.82. The van der Waals surface area contributed by atoms with E-state index in [0.29, 0.717) is 0 Å². The van der Waals surface area contributed by atoms with Gasteiger partial charge in [-0.1, -0.05) is 23.7 Å². The second kappa shape index (κ2) is 4.07. The molecule has 0 saturated carbocycles. The van der Waals surface area contributed by atoms with Crippen molar-refractivity contribution in [3.8, 4) is 0 Å². The van der Waals surface area contributed by atoms with Crippen LogP contribution in [-0.4, -0.2) is 5.12 Å². The first-order valence-electron chi connectivity index (χ1n) is 3.30. The summed E-state index contributed by atoms with van der Waals surface area (Å²) in [6.45, 7) is 0. The maximum Gasteiger partial charge on any atom is 0.265 e. The Morgan fingerprint density at radius 1 is 1.38 bits per heavy atom. The molecule has 0 bridgehead atoms. The van der Waals surface area contributed by atoms with E-state index in [1.54, 1.807) is 0 Å². The van der Waals surface area contributed by atoms with Gasteiger partial charge < -0.3 is 0 Å². The minimum Gasteiger partial charge on any atom is -0.205 e. The molecule has 13 heavy (non-hydrogen) atoms. The molecule has 0 N–H and O–H groups in total. The zero-order chi connectivity index (χ0) is 10.0. The Bertz CT molecular complexity index is 338. The second-order valence-electron chi connectivity index (χ2n) is 2.28. The van der Waals surface area contributed by atoms with Gasteiger partial charge in [0.05, 0.1) is 5.02 Å². The van der Waals surface area contributed by atoms with Crippen molar-refractivity contribution in [3.05, 3.63) is 34.3 Å². The second-order valence-corrected chi connectivity index (χ2v) is 3.04. The van der Waals surface area contributed by atoms with Crippen molar-refractivity contribution >= 4 is 28.9 Å². The zero-order valence-corrected chi connectivity index (χ0v) is 7.80. The van der Waals surface area contributed by atoms with Gasteiger partial charge >= 0.3 is 0 Å². The summed E-state index contributed by atoms with van der Waals surface area (Å²) in [5, 5.41) is -1.25. The maximum atomic E-state index is 12.6. The van der Waals surface area contributed by atoms with E-state index in [1.807, 2.05) is 0 Å². The van der Waals surface area contributed by atoms with Crippen molar-refractivity contribution in [2.24, 2.45) is 0 Å². The number of rotatable bonds is 2. The lowest BCUT2D eigenvalue weighted by atomic mass is 10.1. The molecule has 70 valence electrons. The molecule has 0 aliphatic rings. The van der Waals surface area contributed by atoms with Gasteiger partial charge in [-0.3, -0.25) is 0 Å². The van der Waals surface area contributed by atoms with Crippen LogP contribution in [-0.2, 0) is 0 Å². The van der Waals surface area contributed by atoms with Gasteiger partial charge in [-0.2, -0.15) is 4.39 Å². The lowest BCUT2D eigenvalue weighted by Crippen LogP contribution is -1.98. The molecule has 0 aliphatic carbocycles. The quantitative estimate of drug-likeness (QED) is 0.542. The summed E-state index contributed by atoms with van der Waals surface area (Å²) in [4.78, 5) is 0. The normalized spacial score (nSPS) is 10.5. The Morgan fingerprint density at radius 2 is 2.00 bits per heavy atom. The van der Waals surface area contributed by atoms with Crippen molar-refractivity contribution in [1.29, 1.82) is 0 Å². The van der Waals surface area contributed by atoms with Crippen molar-refractivity contribution in [2.75, 3.05) is 0 Å². The molecule has 5 heteroatoms. The van der Waals surface area contributed by atoms with E-state index in [0.717, 1.165) is 0 Å². The van der Waals surface area contributed by atoms with Gasteiger partial charge in [0.2, 0.25) is 0 Å². The average Bonchev–Trinajstić information content (AvgIpc) is 2.02. The van der Waals surface area contributed by atoms with E-state index in [-0.39, 0.29) is 10.6 Å². The monoisotopic (exact) mass is 224 g/mol. The molecule has 0 nitrogen and oxygen atoms in total. The third kappa shape index (κ3) is 2.19. The Morgan fingerprint density at radius 3 is 2.38 bits per heavy atom. The highest BCUT2D eigenvalue weighted by molar-refractivity contribution is 7.80. The summed E-state index contributed by atoms with van der Waals surface area (Å²) in [5.74, 6) is 0. The fourth-order valence-electron chi connectivity index (χ4n) is 0.930. The summed E-state index contributed by atoms with van der Waals surface area (Å²) >= 11 is 9.63. The summed E-state index contributed by atoms with van der Waals surface area (Å²) in [5.41, 5.74) is -0.853. The maximum absolute atomic E-state index is 12.6. The molecule has 0 heterocycles. The molecule has 1 aromatic carbocycles. The fourth-order valence-corrected chi connectivity index (χ4v) is 1.37. The molecular weight excluding hydrogens is 221 g/mol. The van der Waals surface area contributed by atoms with Crippen molar-refractivity contribution in [1.82, 2.24) is 0 Å². The highest BCUT2D eigenvalue weighted by Crippen LogP contribution is 2.30. The highest BCUT2D eigenvalue weighted by Gasteiger charge is 2.18. The van der Waals surface area contributed by atoms with Gasteiger partial charge in [-0.15, -0.1) is 0 Å². The lowest BCUT2D eigenvalue weighted by molar-refractivity contribution is 0.151. The van der Waals surface area contributed by atoms with Gasteiger partial charge in [0.1, 0.15) is 0 Å². The van der Waals surface area contributed by atoms with Gasteiger partial charge in [0.25, 0.3) is 6.43 Å². The van der Waals surface area contributed by atoms with E-state index >= 15 is 0 Å². The molecule has 0 radical (unpaired) electrons. The molecular formula is C8H4ClF3S. The van der Waals surface area contributed by atoms with E-state index in [2.05, 4.69) is 12.2 Å². The number of hydrogen-bond acceptors (Lipinski definition) is 1. The van der Waals surface area contributed by atoms with E-state index in [4.69, 9.17) is 11.6 Å². The number of hydrogen-bond donors (Lipinski definition) is 0. The number of thiocarbonyl (C=S) groups is 1. The molecule has 0 fully saturated rings. The predicted octanol–water partition coefficient (Wildman–Crippen LogP) is 3.92. The van der Waals surface area contributed by atoms with Crippen LogP contribution in [0.1, 0.15) is 17.6 Å². The molecule has 0 unspecified atom stereocenters. The van der Waals surface area contributed by atoms with Crippen LogP contribution in [0.15, 0.2) is 18.2 Å². The zero-order valence-electron chi connectivity index (χ0n) is 6.23. The van der Waals surface area contributed by atoms with Crippen LogP contribution in [0, 0.1) is 0 Å². The number of halogens is 4. The molecule has 0 atom stereocenters. The van der Waals surface area contributed by atoms with Crippen molar-refractivity contribution in [2.45, 2.75) is 6.43 Å². The standard InChI is InChI=1S/C8H4ClF3S/c9-5-3-1-2-4(8(12)13)6(5)7(10)11/h1-3,7H. The smallest absolute Gasteiger partial charge is 0.205 e. The molecule has 1 rings (SSSR count). The average molecular weight is 225 g/mol. The Hall–Kier alpha value is -0.610. The third-order valence-corrected chi connectivity index (χ3v) is 2.03. The fraction of sp³-hybridized carbons (Fsp3) is 0.125. The summed E-state index contributed by atoms with van der Waals surface area (Å²) in [7, 11) is 0. The van der Waals surface area contributed by atoms with Gasteiger partial charge in [0, 0.05) is 11.1 Å². The minimum atomic E-state index is -2.82. The highest BCUT2D eigenvalue weighted by atomic mass is 35.5. The molecule has 0 spiro atoms. The predicted molar refractivity (Wildman–Crippen MR) is 49.2 cm³/mol. The van der Waals surface area contributed by atoms with Crippen LogP contribution in [0.3, 0.4) is 0 Å². The van der Waals surface area contributed by atoms with Crippen LogP contribution in [0.5, 0.6) is 0 Å². The first kappa shape index (κ1) is 10.5. The molecule has 0 saturated heterocycles. The molecule has 0 aliphatic heterocycles. The number of alkyl halides is 2. The SMILES string of the molecule is FC(=S)c1cccc(Cl)c1C(F)F. The topological polar surface area (TPSA) is 0 Å². The lowest BCUT2D eigenvalue weighted by Gasteiger charge is -2.06. The third-order valence-electron chi connectivity index (χ3n) is 1.48. The molecule has 1 aromatic rings. The first-order chi connectivity index (χ1) is 6.04. The Labute approximate surface area is 83.3 Å². The van der Waals surface area contributed by atoms with E-state index in [1.165, 1.54) is 18.2 Å². The van der Waals surface area contributed by atoms with E-state index < -0.39 is 17.1 Å². The van der Waals surface area contributed by atoms with Crippen LogP contribution < -0.4 is 0 Å². The van der Waals surface area contributed by atoms with E-state index in [9.17, 15) is 13.2 Å². The largest absolute Gasteiger partial charge is 0.265 e. The Kier molecular flexibility index (Phi) is 3.27. The number of benzene rings is 1. The Balaban J connectivity index is 3.34. The van der Waals surface area contributed by atoms with Gasteiger partial charge in [0.15, 0.2) is 5.12 Å². The van der Waals surface area contributed by atoms with Gasteiger partial charge in [-0.05, 0) is 18.3 Å². The van der Waals surface area contributed by atoms with Crippen LogP contribution >= 0.6 is 23.8 Å². The van der Waals surface area contributed by atoms with Crippen LogP contribution in [0.25, 0.3) is 0 Å². The minimum absolute atomic E-state index is 0.174. The van der Waals surface area contributed by atoms with Crippen LogP contribution in [0.4, 0.5) is 13.2 Å². The summed E-state index contributed by atoms with van der Waals surface area (Å²) < 4.78 is 37.2. The van der Waals surface area contributed by atoms with Crippen molar-refractivity contribution in [3.63, 3.8) is 0 Å². The molecule has 0 amide bonds.